The van der Waals surface area contributed by atoms with Crippen molar-refractivity contribution >= 4 is 23.3 Å². The Kier molecular flexibility index (Phi) is 6.58. The Bertz CT molecular complexity index is 462. The highest BCUT2D eigenvalue weighted by atomic mass is 35.5. The van der Waals surface area contributed by atoms with Gasteiger partial charge in [0.1, 0.15) is 5.82 Å². The number of nitrogens with two attached hydrogens (primary N) is 1. The third kappa shape index (κ3) is 4.00. The minimum atomic E-state index is -0.00378. The molecule has 1 aromatic heterocycles. The zero-order valence-corrected chi connectivity index (χ0v) is 13.1. The molecule has 0 saturated heterocycles. The summed E-state index contributed by atoms with van der Waals surface area (Å²) >= 11 is 6.36. The third-order valence-corrected chi connectivity index (χ3v) is 3.53. The van der Waals surface area contributed by atoms with Gasteiger partial charge in [-0.3, -0.25) is 0 Å². The number of hydrogen-bond acceptors (Lipinski definition) is 4. The Morgan fingerprint density at radius 1 is 1.50 bits per heavy atom. The van der Waals surface area contributed by atoms with Crippen LogP contribution in [0.2, 0.25) is 5.02 Å². The number of halogens is 1. The molecular formula is C14H23ClN4O. The van der Waals surface area contributed by atoms with Crippen molar-refractivity contribution < 1.29 is 5.21 Å². The first-order chi connectivity index (χ1) is 9.52. The highest BCUT2D eigenvalue weighted by Crippen LogP contribution is 2.28. The predicted octanol–water partition coefficient (Wildman–Crippen LogP) is 3.23. The summed E-state index contributed by atoms with van der Waals surface area (Å²) in [6, 6.07) is 1.92. The molecule has 0 aliphatic heterocycles. The first-order valence-electron chi connectivity index (χ1n) is 6.91. The van der Waals surface area contributed by atoms with Crippen LogP contribution in [0.4, 0.5) is 5.82 Å². The summed E-state index contributed by atoms with van der Waals surface area (Å²) in [5, 5.41) is 12.2. The minimum Gasteiger partial charge on any atom is -0.409 e. The number of anilines is 1. The molecule has 1 heterocycles. The number of oxime groups is 1. The molecule has 0 aliphatic rings. The normalized spacial score (nSPS) is 11.9. The van der Waals surface area contributed by atoms with Gasteiger partial charge in [-0.05, 0) is 26.3 Å². The molecule has 0 atom stereocenters. The Hall–Kier alpha value is -1.49. The average molecular weight is 299 g/mol. The summed E-state index contributed by atoms with van der Waals surface area (Å²) in [7, 11) is 0. The standard InChI is InChI=1S/C14H23ClN4O/c1-4-5-6-9-19(10(2)3)14-12(15)11(7-8-17-14)13(16)18-20/h7-8,10,20H,4-6,9H2,1-3H3,(H2,16,18). The van der Waals surface area contributed by atoms with E-state index in [9.17, 15) is 0 Å². The molecule has 1 rings (SSSR count). The van der Waals surface area contributed by atoms with Crippen LogP contribution >= 0.6 is 11.6 Å². The Morgan fingerprint density at radius 3 is 2.75 bits per heavy atom. The van der Waals surface area contributed by atoms with E-state index in [1.165, 1.54) is 6.42 Å². The summed E-state index contributed by atoms with van der Waals surface area (Å²) in [4.78, 5) is 6.50. The Morgan fingerprint density at radius 2 is 2.20 bits per heavy atom. The second-order valence-electron chi connectivity index (χ2n) is 4.98. The molecule has 20 heavy (non-hydrogen) atoms. The highest BCUT2D eigenvalue weighted by molar-refractivity contribution is 6.36. The van der Waals surface area contributed by atoms with Gasteiger partial charge in [0.15, 0.2) is 5.84 Å². The first-order valence-corrected chi connectivity index (χ1v) is 7.29. The van der Waals surface area contributed by atoms with Crippen molar-refractivity contribution in [2.24, 2.45) is 10.9 Å². The van der Waals surface area contributed by atoms with Crippen LogP contribution in [0.1, 0.15) is 45.6 Å². The number of amidine groups is 1. The van der Waals surface area contributed by atoms with E-state index in [1.807, 2.05) is 0 Å². The van der Waals surface area contributed by atoms with Crippen LogP contribution in [0.3, 0.4) is 0 Å². The molecule has 0 saturated carbocycles. The lowest BCUT2D eigenvalue weighted by Gasteiger charge is -2.29. The first kappa shape index (κ1) is 16.6. The van der Waals surface area contributed by atoms with E-state index in [0.29, 0.717) is 16.4 Å². The van der Waals surface area contributed by atoms with Crippen molar-refractivity contribution in [1.82, 2.24) is 4.98 Å². The molecule has 0 radical (unpaired) electrons. The van der Waals surface area contributed by atoms with Crippen LogP contribution in [0.25, 0.3) is 0 Å². The summed E-state index contributed by atoms with van der Waals surface area (Å²) in [5.74, 6) is 0.679. The van der Waals surface area contributed by atoms with Gasteiger partial charge in [0.2, 0.25) is 0 Å². The molecular weight excluding hydrogens is 276 g/mol. The minimum absolute atomic E-state index is 0.00378. The average Bonchev–Trinajstić information content (AvgIpc) is 2.43. The molecule has 5 nitrogen and oxygen atoms in total. The van der Waals surface area contributed by atoms with Crippen molar-refractivity contribution in [1.29, 1.82) is 0 Å². The van der Waals surface area contributed by atoms with Gasteiger partial charge in [0.25, 0.3) is 0 Å². The number of unbranched alkanes of at least 4 members (excludes halogenated alkanes) is 2. The van der Waals surface area contributed by atoms with Gasteiger partial charge >= 0.3 is 0 Å². The second kappa shape index (κ2) is 7.94. The predicted molar refractivity (Wildman–Crippen MR) is 83.8 cm³/mol. The van der Waals surface area contributed by atoms with E-state index < -0.39 is 0 Å². The topological polar surface area (TPSA) is 74.7 Å². The molecule has 0 spiro atoms. The maximum atomic E-state index is 8.79. The SMILES string of the molecule is CCCCCN(c1nccc(/C(N)=N/O)c1Cl)C(C)C. The van der Waals surface area contributed by atoms with E-state index >= 15 is 0 Å². The van der Waals surface area contributed by atoms with Crippen molar-refractivity contribution in [3.63, 3.8) is 0 Å². The molecule has 0 bridgehead atoms. The van der Waals surface area contributed by atoms with Gasteiger partial charge in [0, 0.05) is 24.3 Å². The lowest BCUT2D eigenvalue weighted by atomic mass is 10.2. The monoisotopic (exact) mass is 298 g/mol. The largest absolute Gasteiger partial charge is 0.409 e. The fraction of sp³-hybridized carbons (Fsp3) is 0.571. The summed E-state index contributed by atoms with van der Waals surface area (Å²) in [6.45, 7) is 7.25. The summed E-state index contributed by atoms with van der Waals surface area (Å²) < 4.78 is 0. The van der Waals surface area contributed by atoms with Gasteiger partial charge < -0.3 is 15.8 Å². The van der Waals surface area contributed by atoms with Gasteiger partial charge in [-0.1, -0.05) is 36.5 Å². The lowest BCUT2D eigenvalue weighted by Crippen LogP contribution is -2.33. The maximum Gasteiger partial charge on any atom is 0.171 e. The summed E-state index contributed by atoms with van der Waals surface area (Å²) in [5.41, 5.74) is 6.13. The number of pyridine rings is 1. The van der Waals surface area contributed by atoms with Crippen LogP contribution < -0.4 is 10.6 Å². The van der Waals surface area contributed by atoms with Gasteiger partial charge in [-0.2, -0.15) is 0 Å². The Balaban J connectivity index is 3.08. The zero-order chi connectivity index (χ0) is 15.1. The van der Waals surface area contributed by atoms with Crippen LogP contribution in [-0.4, -0.2) is 28.6 Å². The molecule has 0 aromatic carbocycles. The number of aromatic nitrogens is 1. The van der Waals surface area contributed by atoms with Gasteiger partial charge in [-0.15, -0.1) is 0 Å². The van der Waals surface area contributed by atoms with Crippen LogP contribution in [0.5, 0.6) is 0 Å². The number of hydrogen-bond donors (Lipinski definition) is 2. The van der Waals surface area contributed by atoms with Gasteiger partial charge in [0.05, 0.1) is 5.02 Å². The quantitative estimate of drug-likeness (QED) is 0.266. The van der Waals surface area contributed by atoms with Crippen molar-refractivity contribution in [2.75, 3.05) is 11.4 Å². The molecule has 0 unspecified atom stereocenters. The molecule has 112 valence electrons. The third-order valence-electron chi connectivity index (χ3n) is 3.15. The van der Waals surface area contributed by atoms with E-state index in [0.717, 1.165) is 19.4 Å². The lowest BCUT2D eigenvalue weighted by molar-refractivity contribution is 0.318. The van der Waals surface area contributed by atoms with Gasteiger partial charge in [-0.25, -0.2) is 4.98 Å². The van der Waals surface area contributed by atoms with Crippen molar-refractivity contribution in [2.45, 2.75) is 46.1 Å². The molecule has 1 aromatic rings. The van der Waals surface area contributed by atoms with Crippen LogP contribution in [0, 0.1) is 0 Å². The molecule has 0 fully saturated rings. The van der Waals surface area contributed by atoms with E-state index in [2.05, 4.69) is 35.8 Å². The fourth-order valence-corrected chi connectivity index (χ4v) is 2.34. The maximum absolute atomic E-state index is 8.79. The zero-order valence-electron chi connectivity index (χ0n) is 12.3. The molecule has 0 aliphatic carbocycles. The molecule has 0 amide bonds. The Labute approximate surface area is 125 Å². The molecule has 6 heteroatoms. The summed E-state index contributed by atoms with van der Waals surface area (Å²) in [6.07, 6.45) is 5.04. The van der Waals surface area contributed by atoms with Crippen LogP contribution in [-0.2, 0) is 0 Å². The smallest absolute Gasteiger partial charge is 0.171 e. The van der Waals surface area contributed by atoms with E-state index in [4.69, 9.17) is 22.5 Å². The number of rotatable bonds is 7. The van der Waals surface area contributed by atoms with Crippen LogP contribution in [0.15, 0.2) is 17.4 Å². The van der Waals surface area contributed by atoms with Crippen molar-refractivity contribution in [3.8, 4) is 0 Å². The fourth-order valence-electron chi connectivity index (χ4n) is 2.03. The number of nitrogens with zero attached hydrogens (tertiary/aromatic N) is 3. The van der Waals surface area contributed by atoms with E-state index in [-0.39, 0.29) is 11.9 Å². The van der Waals surface area contributed by atoms with E-state index in [1.54, 1.807) is 12.3 Å². The van der Waals surface area contributed by atoms with Crippen molar-refractivity contribution in [3.05, 3.63) is 22.8 Å². The molecule has 3 N–H and O–H groups in total. The highest BCUT2D eigenvalue weighted by Gasteiger charge is 2.18. The second-order valence-corrected chi connectivity index (χ2v) is 5.35.